The topological polar surface area (TPSA) is 156 Å². The molecule has 0 aliphatic heterocycles. The number of hydrogen-bond donors (Lipinski definition) is 2. The summed E-state index contributed by atoms with van der Waals surface area (Å²) in [6, 6.07) is 9.46. The predicted molar refractivity (Wildman–Crippen MR) is 127 cm³/mol. The van der Waals surface area contributed by atoms with Crippen LogP contribution in [0, 0.1) is 17.0 Å². The van der Waals surface area contributed by atoms with Crippen LogP contribution in [0.4, 0.5) is 17.3 Å². The fourth-order valence-electron chi connectivity index (χ4n) is 3.84. The number of nitro groups is 1. The first-order valence-electron chi connectivity index (χ1n) is 10.7. The molecule has 0 aliphatic rings. The Kier molecular flexibility index (Phi) is 6.28. The van der Waals surface area contributed by atoms with Gasteiger partial charge in [0.05, 0.1) is 16.0 Å². The van der Waals surface area contributed by atoms with Crippen molar-refractivity contribution < 1.29 is 18.9 Å². The number of amides is 1. The lowest BCUT2D eigenvalue weighted by molar-refractivity contribution is -0.384. The predicted octanol–water partition coefficient (Wildman–Crippen LogP) is 3.63. The molecule has 0 fully saturated rings. The number of nitro benzene ring substituents is 1. The Labute approximate surface area is 193 Å². The Bertz CT molecular complexity index is 1460. The van der Waals surface area contributed by atoms with E-state index in [0.29, 0.717) is 65.4 Å². The SMILES string of the molecule is CCOCCCn1c(Nc2ccc([N+](=O)[O-])cc2)nc2cc3c(C)c(C(N)=O)c(=O)oc3cc21. The van der Waals surface area contributed by atoms with Crippen molar-refractivity contribution >= 4 is 45.2 Å². The molecule has 0 bridgehead atoms. The molecular formula is C23H23N5O6. The van der Waals surface area contributed by atoms with Gasteiger partial charge in [0, 0.05) is 49.0 Å². The molecule has 4 aromatic rings. The number of non-ortho nitro benzene ring substituents is 1. The second kappa shape index (κ2) is 9.32. The summed E-state index contributed by atoms with van der Waals surface area (Å²) < 4.78 is 12.8. The second-order valence-corrected chi connectivity index (χ2v) is 7.66. The van der Waals surface area contributed by atoms with Gasteiger partial charge in [-0.05, 0) is 44.0 Å². The molecule has 34 heavy (non-hydrogen) atoms. The number of carbonyl (C=O) groups is 1. The zero-order chi connectivity index (χ0) is 24.4. The molecule has 4 rings (SSSR count). The minimum absolute atomic E-state index is 0.0159. The van der Waals surface area contributed by atoms with Crippen molar-refractivity contribution in [1.29, 1.82) is 0 Å². The molecule has 0 unspecified atom stereocenters. The molecule has 2 aromatic heterocycles. The molecule has 0 saturated carbocycles. The van der Waals surface area contributed by atoms with E-state index in [2.05, 4.69) is 5.32 Å². The molecule has 11 heteroatoms. The third-order valence-corrected chi connectivity index (χ3v) is 5.49. The highest BCUT2D eigenvalue weighted by Gasteiger charge is 2.19. The first-order chi connectivity index (χ1) is 16.3. The number of primary amides is 1. The van der Waals surface area contributed by atoms with Crippen molar-refractivity contribution in [3.63, 3.8) is 0 Å². The zero-order valence-electron chi connectivity index (χ0n) is 18.7. The monoisotopic (exact) mass is 465 g/mol. The van der Waals surface area contributed by atoms with E-state index >= 15 is 0 Å². The van der Waals surface area contributed by atoms with Gasteiger partial charge in [-0.25, -0.2) is 9.78 Å². The first kappa shape index (κ1) is 22.9. The third-order valence-electron chi connectivity index (χ3n) is 5.49. The summed E-state index contributed by atoms with van der Waals surface area (Å²) in [6.07, 6.45) is 0.704. The smallest absolute Gasteiger partial charge is 0.349 e. The fourth-order valence-corrected chi connectivity index (χ4v) is 3.84. The van der Waals surface area contributed by atoms with E-state index in [1.165, 1.54) is 12.1 Å². The van der Waals surface area contributed by atoms with E-state index in [9.17, 15) is 19.7 Å². The van der Waals surface area contributed by atoms with Crippen LogP contribution in [0.25, 0.3) is 22.0 Å². The van der Waals surface area contributed by atoms with Crippen LogP contribution in [0.2, 0.25) is 0 Å². The molecular weight excluding hydrogens is 442 g/mol. The van der Waals surface area contributed by atoms with Gasteiger partial charge in [0.2, 0.25) is 5.95 Å². The minimum Gasteiger partial charge on any atom is -0.422 e. The Balaban J connectivity index is 1.83. The van der Waals surface area contributed by atoms with E-state index in [1.54, 1.807) is 31.2 Å². The summed E-state index contributed by atoms with van der Waals surface area (Å²) in [5.74, 6) is -0.346. The Morgan fingerprint density at radius 3 is 2.68 bits per heavy atom. The summed E-state index contributed by atoms with van der Waals surface area (Å²) in [7, 11) is 0. The lowest BCUT2D eigenvalue weighted by Crippen LogP contribution is -2.22. The first-order valence-corrected chi connectivity index (χ1v) is 10.7. The van der Waals surface area contributed by atoms with Crippen LogP contribution in [0.5, 0.6) is 0 Å². The van der Waals surface area contributed by atoms with Gasteiger partial charge in [0.15, 0.2) is 0 Å². The van der Waals surface area contributed by atoms with E-state index in [0.717, 1.165) is 0 Å². The maximum Gasteiger partial charge on any atom is 0.349 e. The molecule has 2 aromatic carbocycles. The Hall–Kier alpha value is -4.25. The average Bonchev–Trinajstić information content (AvgIpc) is 3.11. The Morgan fingerprint density at radius 2 is 2.03 bits per heavy atom. The molecule has 0 aliphatic carbocycles. The van der Waals surface area contributed by atoms with Gasteiger partial charge in [0.1, 0.15) is 11.1 Å². The van der Waals surface area contributed by atoms with Gasteiger partial charge in [-0.1, -0.05) is 0 Å². The number of carbonyl (C=O) groups excluding carboxylic acids is 1. The quantitative estimate of drug-likeness (QED) is 0.164. The maximum absolute atomic E-state index is 12.3. The summed E-state index contributed by atoms with van der Waals surface area (Å²) >= 11 is 0. The number of fused-ring (bicyclic) bond motifs is 2. The average molecular weight is 465 g/mol. The summed E-state index contributed by atoms with van der Waals surface area (Å²) in [4.78, 5) is 39.2. The largest absolute Gasteiger partial charge is 0.422 e. The van der Waals surface area contributed by atoms with E-state index in [1.807, 2.05) is 11.5 Å². The number of anilines is 2. The van der Waals surface area contributed by atoms with Crippen LogP contribution in [-0.4, -0.2) is 33.6 Å². The van der Waals surface area contributed by atoms with Gasteiger partial charge in [-0.3, -0.25) is 14.9 Å². The highest BCUT2D eigenvalue weighted by atomic mass is 16.6. The minimum atomic E-state index is -0.852. The number of ether oxygens (including phenoxy) is 1. The van der Waals surface area contributed by atoms with Gasteiger partial charge in [0.25, 0.3) is 11.6 Å². The van der Waals surface area contributed by atoms with Crippen molar-refractivity contribution in [2.24, 2.45) is 5.73 Å². The number of hydrogen-bond acceptors (Lipinski definition) is 8. The molecule has 1 amide bonds. The highest BCUT2D eigenvalue weighted by Crippen LogP contribution is 2.29. The van der Waals surface area contributed by atoms with Gasteiger partial charge >= 0.3 is 5.63 Å². The lowest BCUT2D eigenvalue weighted by Gasteiger charge is -2.11. The van der Waals surface area contributed by atoms with Crippen LogP contribution in [0.3, 0.4) is 0 Å². The third kappa shape index (κ3) is 4.33. The number of nitrogens with two attached hydrogens (primary N) is 1. The summed E-state index contributed by atoms with van der Waals surface area (Å²) in [6.45, 7) is 5.28. The number of imidazole rings is 1. The van der Waals surface area contributed by atoms with Crippen molar-refractivity contribution in [2.75, 3.05) is 18.5 Å². The van der Waals surface area contributed by atoms with Crippen LogP contribution >= 0.6 is 0 Å². The summed E-state index contributed by atoms with van der Waals surface area (Å²) in [5, 5.41) is 14.7. The standard InChI is InChI=1S/C23H23N5O6/c1-3-33-10-4-9-27-18-12-19-16(13(2)20(21(24)29)22(30)34-19)11-17(18)26-23(27)25-14-5-7-15(8-6-14)28(31)32/h5-8,11-12H,3-4,9-10H2,1-2H3,(H2,24,29)(H,25,26). The number of aryl methyl sites for hydroxylation is 2. The second-order valence-electron chi connectivity index (χ2n) is 7.66. The van der Waals surface area contributed by atoms with Crippen molar-refractivity contribution in [1.82, 2.24) is 9.55 Å². The van der Waals surface area contributed by atoms with Crippen LogP contribution in [-0.2, 0) is 11.3 Å². The molecule has 3 N–H and O–H groups in total. The van der Waals surface area contributed by atoms with Crippen LogP contribution < -0.4 is 16.7 Å². The van der Waals surface area contributed by atoms with Crippen LogP contribution in [0.15, 0.2) is 45.6 Å². The van der Waals surface area contributed by atoms with Crippen LogP contribution in [0.1, 0.15) is 29.3 Å². The highest BCUT2D eigenvalue weighted by molar-refractivity contribution is 6.01. The Morgan fingerprint density at radius 1 is 1.29 bits per heavy atom. The number of aromatic nitrogens is 2. The van der Waals surface area contributed by atoms with Gasteiger partial charge in [-0.2, -0.15) is 0 Å². The van der Waals surface area contributed by atoms with E-state index < -0.39 is 16.5 Å². The molecule has 0 spiro atoms. The molecule has 176 valence electrons. The molecule has 2 heterocycles. The molecule has 11 nitrogen and oxygen atoms in total. The number of benzene rings is 2. The number of nitrogens with one attached hydrogen (secondary N) is 1. The van der Waals surface area contributed by atoms with Crippen molar-refractivity contribution in [2.45, 2.75) is 26.8 Å². The number of nitrogens with zero attached hydrogens (tertiary/aromatic N) is 3. The maximum atomic E-state index is 12.3. The summed E-state index contributed by atoms with van der Waals surface area (Å²) in [5.41, 5.74) is 7.05. The van der Waals surface area contributed by atoms with Crippen molar-refractivity contribution in [3.05, 3.63) is 68.1 Å². The molecule has 0 atom stereocenters. The lowest BCUT2D eigenvalue weighted by atomic mass is 10.1. The number of rotatable bonds is 9. The van der Waals surface area contributed by atoms with Crippen molar-refractivity contribution in [3.8, 4) is 0 Å². The zero-order valence-corrected chi connectivity index (χ0v) is 18.7. The fraction of sp³-hybridized carbons (Fsp3) is 0.261. The van der Waals surface area contributed by atoms with E-state index in [-0.39, 0.29) is 11.3 Å². The van der Waals surface area contributed by atoms with E-state index in [4.69, 9.17) is 19.9 Å². The molecule has 0 radical (unpaired) electrons. The molecule has 0 saturated heterocycles. The van der Waals surface area contributed by atoms with Gasteiger partial charge < -0.3 is 24.8 Å². The van der Waals surface area contributed by atoms with Gasteiger partial charge in [-0.15, -0.1) is 0 Å². The normalized spacial score (nSPS) is 11.2.